The lowest BCUT2D eigenvalue weighted by Crippen LogP contribution is -2.42. The molecule has 1 aromatic rings. The third kappa shape index (κ3) is 3.35. The minimum Gasteiger partial charge on any atom is -0.388 e. The van der Waals surface area contributed by atoms with Gasteiger partial charge in [0.2, 0.25) is 0 Å². The van der Waals surface area contributed by atoms with Crippen LogP contribution >= 0.6 is 15.9 Å². The standard InChI is InChI=1S/C18H25BrO2/c1-13-5-6-15(16(19)11-13)17(20)14-7-10-21-18(12-14)8-3-2-4-9-18/h5-6,11,14,17,20H,2-4,7-10,12H2,1H3. The van der Waals surface area contributed by atoms with Gasteiger partial charge in [-0.1, -0.05) is 47.3 Å². The number of aryl methyl sites for hydroxylation is 1. The fourth-order valence-electron chi connectivity index (χ4n) is 4.01. The van der Waals surface area contributed by atoms with Gasteiger partial charge in [0.1, 0.15) is 0 Å². The van der Waals surface area contributed by atoms with Gasteiger partial charge in [0, 0.05) is 11.1 Å². The molecule has 21 heavy (non-hydrogen) atoms. The van der Waals surface area contributed by atoms with Gasteiger partial charge >= 0.3 is 0 Å². The van der Waals surface area contributed by atoms with E-state index in [1.807, 2.05) is 0 Å². The first-order chi connectivity index (χ1) is 10.1. The zero-order chi connectivity index (χ0) is 14.9. The van der Waals surface area contributed by atoms with Crippen LogP contribution in [0.25, 0.3) is 0 Å². The van der Waals surface area contributed by atoms with Crippen molar-refractivity contribution in [2.75, 3.05) is 6.61 Å². The van der Waals surface area contributed by atoms with E-state index >= 15 is 0 Å². The molecule has 2 aliphatic rings. The van der Waals surface area contributed by atoms with Gasteiger partial charge in [-0.15, -0.1) is 0 Å². The van der Waals surface area contributed by atoms with Crippen LogP contribution < -0.4 is 0 Å². The fraction of sp³-hybridized carbons (Fsp3) is 0.667. The molecule has 2 nitrogen and oxygen atoms in total. The fourth-order valence-corrected chi connectivity index (χ4v) is 4.73. The molecule has 0 radical (unpaired) electrons. The smallest absolute Gasteiger partial charge is 0.0831 e. The van der Waals surface area contributed by atoms with Crippen molar-refractivity contribution in [2.45, 2.75) is 63.6 Å². The summed E-state index contributed by atoms with van der Waals surface area (Å²) in [5.41, 5.74) is 2.30. The summed E-state index contributed by atoms with van der Waals surface area (Å²) in [4.78, 5) is 0. The van der Waals surface area contributed by atoms with Gasteiger partial charge in [-0.25, -0.2) is 0 Å². The number of halogens is 1. The van der Waals surface area contributed by atoms with Crippen molar-refractivity contribution in [1.82, 2.24) is 0 Å². The van der Waals surface area contributed by atoms with Crippen molar-refractivity contribution < 1.29 is 9.84 Å². The molecule has 1 saturated carbocycles. The molecule has 0 amide bonds. The molecular formula is C18H25BrO2. The van der Waals surface area contributed by atoms with E-state index in [0.29, 0.717) is 5.92 Å². The maximum Gasteiger partial charge on any atom is 0.0831 e. The highest BCUT2D eigenvalue weighted by Crippen LogP contribution is 2.45. The lowest BCUT2D eigenvalue weighted by atomic mass is 9.74. The summed E-state index contributed by atoms with van der Waals surface area (Å²) < 4.78 is 7.18. The largest absolute Gasteiger partial charge is 0.388 e. The summed E-state index contributed by atoms with van der Waals surface area (Å²) >= 11 is 3.61. The number of aliphatic hydroxyl groups excluding tert-OH is 1. The quantitative estimate of drug-likeness (QED) is 0.818. The zero-order valence-corrected chi connectivity index (χ0v) is 14.4. The van der Waals surface area contributed by atoms with Crippen LogP contribution in [-0.4, -0.2) is 17.3 Å². The lowest BCUT2D eigenvalue weighted by Gasteiger charge is -2.44. The second-order valence-corrected chi connectivity index (χ2v) is 7.67. The first-order valence-corrected chi connectivity index (χ1v) is 8.97. The summed E-state index contributed by atoms with van der Waals surface area (Å²) in [6, 6.07) is 6.24. The molecule has 1 aliphatic carbocycles. The van der Waals surface area contributed by atoms with E-state index in [4.69, 9.17) is 4.74 Å². The summed E-state index contributed by atoms with van der Waals surface area (Å²) in [7, 11) is 0. The van der Waals surface area contributed by atoms with Crippen molar-refractivity contribution in [1.29, 1.82) is 0 Å². The summed E-state index contributed by atoms with van der Waals surface area (Å²) in [5, 5.41) is 10.8. The topological polar surface area (TPSA) is 29.5 Å². The SMILES string of the molecule is Cc1ccc(C(O)C2CCOC3(CCCCC3)C2)c(Br)c1. The molecular weight excluding hydrogens is 328 g/mol. The minimum absolute atomic E-state index is 0.0549. The molecule has 1 N–H and O–H groups in total. The molecule has 1 spiro atoms. The van der Waals surface area contributed by atoms with Crippen LogP contribution in [-0.2, 0) is 4.74 Å². The molecule has 2 atom stereocenters. The van der Waals surface area contributed by atoms with E-state index < -0.39 is 0 Å². The Morgan fingerprint density at radius 2 is 2.05 bits per heavy atom. The molecule has 116 valence electrons. The Labute approximate surface area is 136 Å². The van der Waals surface area contributed by atoms with Crippen LogP contribution in [0.2, 0.25) is 0 Å². The Balaban J connectivity index is 1.76. The van der Waals surface area contributed by atoms with Crippen LogP contribution in [0, 0.1) is 12.8 Å². The molecule has 2 fully saturated rings. The van der Waals surface area contributed by atoms with Crippen LogP contribution in [0.4, 0.5) is 0 Å². The molecule has 1 aromatic carbocycles. The Morgan fingerprint density at radius 1 is 1.29 bits per heavy atom. The maximum absolute atomic E-state index is 10.8. The number of hydrogen-bond acceptors (Lipinski definition) is 2. The minimum atomic E-state index is -0.386. The van der Waals surface area contributed by atoms with Crippen molar-refractivity contribution >= 4 is 15.9 Å². The molecule has 0 aromatic heterocycles. The van der Waals surface area contributed by atoms with Gasteiger partial charge in [-0.3, -0.25) is 0 Å². The highest BCUT2D eigenvalue weighted by Gasteiger charge is 2.41. The van der Waals surface area contributed by atoms with Gasteiger partial charge in [-0.05, 0) is 55.7 Å². The van der Waals surface area contributed by atoms with Gasteiger partial charge in [0.05, 0.1) is 11.7 Å². The van der Waals surface area contributed by atoms with Gasteiger partial charge in [0.15, 0.2) is 0 Å². The predicted octanol–water partition coefficient (Wildman–Crippen LogP) is 4.92. The van der Waals surface area contributed by atoms with E-state index in [2.05, 4.69) is 41.1 Å². The van der Waals surface area contributed by atoms with E-state index in [9.17, 15) is 5.11 Å². The first-order valence-electron chi connectivity index (χ1n) is 8.18. The van der Waals surface area contributed by atoms with Crippen molar-refractivity contribution in [3.05, 3.63) is 33.8 Å². The second kappa shape index (κ2) is 6.39. The van der Waals surface area contributed by atoms with Crippen molar-refractivity contribution in [3.8, 4) is 0 Å². The second-order valence-electron chi connectivity index (χ2n) is 6.81. The molecule has 1 heterocycles. The van der Waals surface area contributed by atoms with Crippen LogP contribution in [0.1, 0.15) is 62.2 Å². The highest BCUT2D eigenvalue weighted by atomic mass is 79.9. The summed E-state index contributed by atoms with van der Waals surface area (Å²) in [5.74, 6) is 0.316. The number of ether oxygens (including phenoxy) is 1. The molecule has 2 unspecified atom stereocenters. The monoisotopic (exact) mass is 352 g/mol. The molecule has 3 heteroatoms. The van der Waals surface area contributed by atoms with Crippen LogP contribution in [0.3, 0.4) is 0 Å². The molecule has 1 saturated heterocycles. The highest BCUT2D eigenvalue weighted by molar-refractivity contribution is 9.10. The van der Waals surface area contributed by atoms with Crippen LogP contribution in [0.5, 0.6) is 0 Å². The third-order valence-electron chi connectivity index (χ3n) is 5.22. The third-order valence-corrected chi connectivity index (χ3v) is 5.90. The Morgan fingerprint density at radius 3 is 2.76 bits per heavy atom. The summed E-state index contributed by atoms with van der Waals surface area (Å²) in [6.07, 6.45) is 7.81. The van der Waals surface area contributed by atoms with Crippen molar-refractivity contribution in [3.63, 3.8) is 0 Å². The zero-order valence-electron chi connectivity index (χ0n) is 12.8. The average Bonchev–Trinajstić information content (AvgIpc) is 2.47. The van der Waals surface area contributed by atoms with Crippen molar-refractivity contribution in [2.24, 2.45) is 5.92 Å². The normalized spacial score (nSPS) is 26.7. The first kappa shape index (κ1) is 15.5. The predicted molar refractivity (Wildman–Crippen MR) is 88.3 cm³/mol. The Hall–Kier alpha value is -0.380. The number of aliphatic hydroxyl groups is 1. The average molecular weight is 353 g/mol. The number of hydrogen-bond donors (Lipinski definition) is 1. The number of benzene rings is 1. The van der Waals surface area contributed by atoms with E-state index in [1.54, 1.807) is 0 Å². The van der Waals surface area contributed by atoms with E-state index in [0.717, 1.165) is 29.5 Å². The molecule has 0 bridgehead atoms. The van der Waals surface area contributed by atoms with Crippen LogP contribution in [0.15, 0.2) is 22.7 Å². The maximum atomic E-state index is 10.8. The number of rotatable bonds is 2. The molecule has 1 aliphatic heterocycles. The van der Waals surface area contributed by atoms with Gasteiger partial charge in [-0.2, -0.15) is 0 Å². The van der Waals surface area contributed by atoms with Gasteiger partial charge in [0.25, 0.3) is 0 Å². The molecule has 3 rings (SSSR count). The Bertz CT molecular complexity index is 488. The van der Waals surface area contributed by atoms with Gasteiger partial charge < -0.3 is 9.84 Å². The summed E-state index contributed by atoms with van der Waals surface area (Å²) in [6.45, 7) is 2.87. The van der Waals surface area contributed by atoms with E-state index in [-0.39, 0.29) is 11.7 Å². The Kier molecular flexibility index (Phi) is 4.72. The van der Waals surface area contributed by atoms with E-state index in [1.165, 1.54) is 37.7 Å². The lowest BCUT2D eigenvalue weighted by molar-refractivity contribution is -0.134.